The molecule has 7 heteroatoms. The third-order valence-electron chi connectivity index (χ3n) is 22.3. The lowest BCUT2D eigenvalue weighted by Gasteiger charge is -2.50. The van der Waals surface area contributed by atoms with Crippen LogP contribution in [0.2, 0.25) is 0 Å². The predicted octanol–water partition coefficient (Wildman–Crippen LogP) is 28.2. The standard InChI is InChI=1S/C12H12.C12H18.C10H18.C8H16.2C8H14.C7H9N.2C7H14O.C6H8N2.C6H12O2.2C2H6/c1-9-3-5-12-8-10(2)4-6-11(12)7-9;1-7-8(2)10(4)12(6)11(5)9(7)3;1-9-3-6-10(2,7-4-9)8-5-9;3*1-7-3-5-8(2)6-4-7;3*1-6-3-4-7(2)8-5-6;2*1-5-3-7-6(2)8-4-5;2*1-2/h3-8H,1-2H3;1-6H3;3-8H2,1-2H3;7-8H,3-6H2,1-2H3;2*3,8H,4-6H2,1-2H3;3-5H,1-2H3;2*6-7H,3-5H2,1-2H3;3-4H,1-2H3;5-6H,3-4H2,1-2H3;2*1-2H3. The Hall–Kier alpha value is -4.53. The van der Waals surface area contributed by atoms with E-state index in [-0.39, 0.29) is 6.29 Å². The van der Waals surface area contributed by atoms with Gasteiger partial charge in [0.05, 0.1) is 25.4 Å². The Bertz CT molecular complexity index is 2600. The molecule has 6 atom stereocenters. The van der Waals surface area contributed by atoms with Crippen molar-refractivity contribution in [2.24, 2.45) is 52.3 Å². The van der Waals surface area contributed by atoms with Crippen LogP contribution in [0, 0.1) is 135 Å². The van der Waals surface area contributed by atoms with Crippen LogP contribution in [0.3, 0.4) is 0 Å². The largest absolute Gasteiger partial charge is 0.378 e. The SMILES string of the molecule is CC.CC.CC12CCC(C)(CC1)CC2.CC1=CCC(C)CC1.CC1=CCC(C)CC1.CC1CCC(C)CC1.CC1CCC(C)OC1.CC1CCC(C)OC1.CC1COC(C)OC1.Cc1c(C)c(C)c(C)c(C)c1C.Cc1ccc(C)nc1.Cc1ccc2cc(C)ccc2c1.Cc1cnc(C)nc1. The van der Waals surface area contributed by atoms with Crippen molar-refractivity contribution >= 4 is 10.8 Å². The normalized spacial score (nSPS) is 26.4. The second kappa shape index (κ2) is 52.5. The highest BCUT2D eigenvalue weighted by atomic mass is 16.7. The number of hydrogen-bond acceptors (Lipinski definition) is 7. The number of fused-ring (bicyclic) bond motifs is 4. The van der Waals surface area contributed by atoms with Crippen LogP contribution >= 0.6 is 0 Å². The minimum atomic E-state index is 0.0196. The number of hydrogen-bond donors (Lipinski definition) is 0. The van der Waals surface area contributed by atoms with Gasteiger partial charge in [0, 0.05) is 43.4 Å². The van der Waals surface area contributed by atoms with Crippen LogP contribution in [0.4, 0.5) is 0 Å². The molecule has 580 valence electrons. The molecule has 5 aromatic rings. The first kappa shape index (κ1) is 95.5. The molecule has 5 heterocycles. The highest BCUT2D eigenvalue weighted by molar-refractivity contribution is 5.83. The summed E-state index contributed by atoms with van der Waals surface area (Å²) in [6.45, 7) is 68.6. The van der Waals surface area contributed by atoms with Crippen molar-refractivity contribution in [1.82, 2.24) is 15.0 Å². The smallest absolute Gasteiger partial charge is 0.154 e. The summed E-state index contributed by atoms with van der Waals surface area (Å²) < 4.78 is 21.1. The van der Waals surface area contributed by atoms with E-state index in [0.29, 0.717) is 18.1 Å². The molecule has 2 aromatic heterocycles. The number of allylic oxidation sites excluding steroid dienone is 4. The van der Waals surface area contributed by atoms with Crippen molar-refractivity contribution in [2.75, 3.05) is 26.4 Å². The van der Waals surface area contributed by atoms with Crippen molar-refractivity contribution in [3.05, 3.63) is 158 Å². The molecule has 3 saturated heterocycles. The van der Waals surface area contributed by atoms with Crippen LogP contribution < -0.4 is 0 Å². The van der Waals surface area contributed by atoms with Gasteiger partial charge >= 0.3 is 0 Å². The van der Waals surface area contributed by atoms with E-state index < -0.39 is 0 Å². The minimum absolute atomic E-state index is 0.0196. The lowest BCUT2D eigenvalue weighted by molar-refractivity contribution is -0.187. The Balaban J connectivity index is 0.000000560. The molecule has 3 aromatic carbocycles. The number of benzene rings is 3. The van der Waals surface area contributed by atoms with Crippen LogP contribution in [0.1, 0.15) is 320 Å². The molecule has 9 aliphatic rings. The summed E-state index contributed by atoms with van der Waals surface area (Å²) in [6, 6.07) is 17.2. The Labute approximate surface area is 632 Å². The first-order valence-corrected chi connectivity index (χ1v) is 41.1. The molecule has 6 aliphatic carbocycles. The zero-order valence-corrected chi connectivity index (χ0v) is 72.2. The van der Waals surface area contributed by atoms with Crippen LogP contribution in [-0.4, -0.2) is 59.9 Å². The molecule has 0 amide bonds. The number of aryl methyl sites for hydroxylation is 6. The number of nitrogens with zero attached hydrogens (tertiary/aromatic N) is 3. The van der Waals surface area contributed by atoms with E-state index in [2.05, 4.69) is 215 Å². The van der Waals surface area contributed by atoms with Crippen LogP contribution in [-0.2, 0) is 18.9 Å². The fourth-order valence-corrected chi connectivity index (χ4v) is 13.1. The van der Waals surface area contributed by atoms with Crippen LogP contribution in [0.5, 0.6) is 0 Å². The molecule has 0 radical (unpaired) electrons. The first-order valence-electron chi connectivity index (χ1n) is 41.1. The topological polar surface area (TPSA) is 75.6 Å². The number of rotatable bonds is 0. The second-order valence-electron chi connectivity index (χ2n) is 33.2. The summed E-state index contributed by atoms with van der Waals surface area (Å²) in [5.74, 6) is 6.92. The van der Waals surface area contributed by atoms with Gasteiger partial charge in [-0.2, -0.15) is 0 Å². The summed E-state index contributed by atoms with van der Waals surface area (Å²) in [7, 11) is 0. The molecule has 102 heavy (non-hydrogen) atoms. The summed E-state index contributed by atoms with van der Waals surface area (Å²) >= 11 is 0. The highest BCUT2D eigenvalue weighted by Crippen LogP contribution is 2.56. The maximum absolute atomic E-state index is 5.39. The van der Waals surface area contributed by atoms with Crippen molar-refractivity contribution in [3.63, 3.8) is 0 Å². The van der Waals surface area contributed by atoms with Gasteiger partial charge in [0.1, 0.15) is 5.82 Å². The van der Waals surface area contributed by atoms with E-state index in [9.17, 15) is 0 Å². The van der Waals surface area contributed by atoms with Crippen LogP contribution in [0.25, 0.3) is 10.8 Å². The molecule has 2 bridgehead atoms. The summed E-state index contributed by atoms with van der Waals surface area (Å²) in [5, 5.41) is 2.67. The van der Waals surface area contributed by atoms with Gasteiger partial charge in [0.2, 0.25) is 0 Å². The maximum atomic E-state index is 5.39. The Morgan fingerprint density at radius 2 is 0.637 bits per heavy atom. The van der Waals surface area contributed by atoms with Gasteiger partial charge in [0.25, 0.3) is 0 Å². The fourth-order valence-electron chi connectivity index (χ4n) is 13.1. The van der Waals surface area contributed by atoms with E-state index in [0.717, 1.165) is 89.8 Å². The first-order chi connectivity index (χ1) is 48.1. The number of pyridine rings is 1. The zero-order chi connectivity index (χ0) is 77.1. The average Bonchev–Trinajstić information content (AvgIpc) is 0.787. The zero-order valence-electron chi connectivity index (χ0n) is 72.2. The summed E-state index contributed by atoms with van der Waals surface area (Å²) in [5.41, 5.74) is 19.5. The average molecular weight is 1410 g/mol. The summed E-state index contributed by atoms with van der Waals surface area (Å²) in [6.07, 6.45) is 39.5. The van der Waals surface area contributed by atoms with E-state index in [1.807, 2.05) is 87.0 Å². The van der Waals surface area contributed by atoms with Crippen molar-refractivity contribution in [2.45, 2.75) is 355 Å². The van der Waals surface area contributed by atoms with Gasteiger partial charge in [-0.3, -0.25) is 4.98 Å². The molecular weight excluding hydrogens is 1250 g/mol. The maximum Gasteiger partial charge on any atom is 0.154 e. The molecule has 7 fully saturated rings. The molecule has 0 N–H and O–H groups in total. The van der Waals surface area contributed by atoms with Gasteiger partial charge in [-0.25, -0.2) is 9.97 Å². The Kier molecular flexibility index (Phi) is 49.1. The van der Waals surface area contributed by atoms with E-state index >= 15 is 0 Å². The number of ether oxygens (including phenoxy) is 4. The van der Waals surface area contributed by atoms with Crippen molar-refractivity contribution < 1.29 is 18.9 Å². The highest BCUT2D eigenvalue weighted by Gasteiger charge is 2.43. The molecule has 3 aliphatic heterocycles. The Morgan fingerprint density at radius 1 is 0.324 bits per heavy atom. The molecule has 6 unspecified atom stereocenters. The minimum Gasteiger partial charge on any atom is -0.378 e. The van der Waals surface area contributed by atoms with Gasteiger partial charge in [-0.15, -0.1) is 0 Å². The second-order valence-corrected chi connectivity index (χ2v) is 33.2. The third-order valence-corrected chi connectivity index (χ3v) is 22.3. The van der Waals surface area contributed by atoms with Crippen LogP contribution in [0.15, 0.2) is 90.4 Å². The summed E-state index contributed by atoms with van der Waals surface area (Å²) in [4.78, 5) is 12.0. The quantitative estimate of drug-likeness (QED) is 0.143. The van der Waals surface area contributed by atoms with Gasteiger partial charge in [0.15, 0.2) is 6.29 Å². The molecule has 0 spiro atoms. The van der Waals surface area contributed by atoms with E-state index in [4.69, 9.17) is 18.9 Å². The number of aromatic nitrogens is 3. The predicted molar refractivity (Wildman–Crippen MR) is 449 cm³/mol. The lowest BCUT2D eigenvalue weighted by Crippen LogP contribution is -2.37. The molecule has 14 rings (SSSR count). The van der Waals surface area contributed by atoms with Gasteiger partial charge < -0.3 is 18.9 Å². The lowest BCUT2D eigenvalue weighted by atomic mass is 9.55. The van der Waals surface area contributed by atoms with Crippen molar-refractivity contribution in [1.29, 1.82) is 0 Å². The molecule has 4 saturated carbocycles. The molecular formula is C95H161N3O4. The monoisotopic (exact) mass is 1410 g/mol. The fraction of sp³-hybridized carbons (Fsp3) is 0.695. The van der Waals surface area contributed by atoms with Gasteiger partial charge in [-0.1, -0.05) is 193 Å². The van der Waals surface area contributed by atoms with Crippen molar-refractivity contribution in [3.8, 4) is 0 Å². The third kappa shape index (κ3) is 42.0. The van der Waals surface area contributed by atoms with Gasteiger partial charge in [-0.05, 0) is 328 Å². The Morgan fingerprint density at radius 3 is 0.882 bits per heavy atom. The van der Waals surface area contributed by atoms with E-state index in [1.54, 1.807) is 11.1 Å². The van der Waals surface area contributed by atoms with E-state index in [1.165, 1.54) is 189 Å². The molecule has 7 nitrogen and oxygen atoms in total.